The summed E-state index contributed by atoms with van der Waals surface area (Å²) in [4.78, 5) is 19.4. The molecule has 1 aliphatic carbocycles. The minimum atomic E-state index is 0.227. The van der Waals surface area contributed by atoms with Crippen LogP contribution in [0.25, 0.3) is 10.6 Å². The Morgan fingerprint density at radius 2 is 2.00 bits per heavy atom. The molecule has 21 heavy (non-hydrogen) atoms. The molecule has 0 radical (unpaired) electrons. The molecule has 2 aliphatic rings. The SMILES string of the molecule is O=C1C=C(N2CCc3nc(-c4ccc(O)cc4)sc3C2)C1. The number of thiazole rings is 1. The first-order chi connectivity index (χ1) is 10.2. The average molecular weight is 298 g/mol. The monoisotopic (exact) mass is 298 g/mol. The fraction of sp³-hybridized carbons (Fsp3) is 0.250. The summed E-state index contributed by atoms with van der Waals surface area (Å²) in [5, 5.41) is 10.4. The molecule has 1 N–H and O–H groups in total. The van der Waals surface area contributed by atoms with Crippen LogP contribution in [0.15, 0.2) is 36.0 Å². The predicted octanol–water partition coefficient (Wildman–Crippen LogP) is 2.73. The summed E-state index contributed by atoms with van der Waals surface area (Å²) in [6, 6.07) is 7.16. The lowest BCUT2D eigenvalue weighted by Crippen LogP contribution is -2.33. The van der Waals surface area contributed by atoms with Crippen LogP contribution in [0, 0.1) is 0 Å². The Hall–Kier alpha value is -2.14. The number of aromatic hydroxyl groups is 1. The normalized spacial score (nSPS) is 17.2. The molecule has 106 valence electrons. The highest BCUT2D eigenvalue weighted by Crippen LogP contribution is 2.34. The van der Waals surface area contributed by atoms with Crippen molar-refractivity contribution in [3.05, 3.63) is 46.6 Å². The van der Waals surface area contributed by atoms with Crippen LogP contribution in [-0.2, 0) is 17.8 Å². The van der Waals surface area contributed by atoms with Crippen LogP contribution in [-0.4, -0.2) is 27.3 Å². The number of carbonyl (C=O) groups excluding carboxylic acids is 1. The first kappa shape index (κ1) is 12.6. The molecule has 2 aromatic rings. The van der Waals surface area contributed by atoms with Crippen molar-refractivity contribution in [1.29, 1.82) is 0 Å². The first-order valence-corrected chi connectivity index (χ1v) is 7.77. The minimum absolute atomic E-state index is 0.227. The predicted molar refractivity (Wildman–Crippen MR) is 81.0 cm³/mol. The van der Waals surface area contributed by atoms with Gasteiger partial charge < -0.3 is 10.0 Å². The fourth-order valence-corrected chi connectivity index (χ4v) is 3.84. The summed E-state index contributed by atoms with van der Waals surface area (Å²) >= 11 is 1.70. The summed E-state index contributed by atoms with van der Waals surface area (Å²) in [5.74, 6) is 0.498. The standard InChI is InChI=1S/C16H14N2O2S/c19-12-3-1-10(2-4-12)16-17-14-5-6-18(9-15(14)21-16)11-7-13(20)8-11/h1-4,7,19H,5-6,8-9H2. The lowest BCUT2D eigenvalue weighted by atomic mass is 10.0. The Bertz CT molecular complexity index is 746. The zero-order chi connectivity index (χ0) is 14.4. The number of phenolic OH excluding ortho intramolecular Hbond substituents is 1. The minimum Gasteiger partial charge on any atom is -0.508 e. The number of carbonyl (C=O) groups is 1. The lowest BCUT2D eigenvalue weighted by Gasteiger charge is -2.32. The molecule has 4 rings (SSSR count). The average Bonchev–Trinajstić information content (AvgIpc) is 2.87. The van der Waals surface area contributed by atoms with Crippen molar-refractivity contribution in [2.24, 2.45) is 0 Å². The van der Waals surface area contributed by atoms with Gasteiger partial charge in [-0.2, -0.15) is 0 Å². The number of rotatable bonds is 2. The zero-order valence-electron chi connectivity index (χ0n) is 11.4. The number of fused-ring (bicyclic) bond motifs is 1. The summed E-state index contributed by atoms with van der Waals surface area (Å²) in [6.45, 7) is 1.79. The Morgan fingerprint density at radius 1 is 1.24 bits per heavy atom. The number of aromatic nitrogens is 1. The second-order valence-electron chi connectivity index (χ2n) is 5.39. The van der Waals surface area contributed by atoms with Crippen molar-refractivity contribution in [3.8, 4) is 16.3 Å². The van der Waals surface area contributed by atoms with Crippen molar-refractivity contribution >= 4 is 17.1 Å². The number of phenols is 1. The van der Waals surface area contributed by atoms with Gasteiger partial charge in [-0.25, -0.2) is 4.98 Å². The molecule has 0 amide bonds. The third kappa shape index (κ3) is 2.23. The van der Waals surface area contributed by atoms with E-state index in [1.807, 2.05) is 12.1 Å². The number of ketones is 1. The Morgan fingerprint density at radius 3 is 2.71 bits per heavy atom. The maximum atomic E-state index is 11.1. The molecule has 0 atom stereocenters. The van der Waals surface area contributed by atoms with Gasteiger partial charge in [0.15, 0.2) is 5.78 Å². The fourth-order valence-electron chi connectivity index (χ4n) is 2.71. The molecule has 1 aromatic carbocycles. The van der Waals surface area contributed by atoms with Crippen LogP contribution >= 0.6 is 11.3 Å². The molecule has 0 spiro atoms. The van der Waals surface area contributed by atoms with Crippen molar-refractivity contribution in [1.82, 2.24) is 9.88 Å². The van der Waals surface area contributed by atoms with Gasteiger partial charge in [-0.3, -0.25) is 4.79 Å². The molecule has 0 saturated carbocycles. The highest BCUT2D eigenvalue weighted by atomic mass is 32.1. The number of hydrogen-bond donors (Lipinski definition) is 1. The lowest BCUT2D eigenvalue weighted by molar-refractivity contribution is -0.116. The number of allylic oxidation sites excluding steroid dienone is 2. The van der Waals surface area contributed by atoms with E-state index < -0.39 is 0 Å². The summed E-state index contributed by atoms with van der Waals surface area (Å²) < 4.78 is 0. The highest BCUT2D eigenvalue weighted by molar-refractivity contribution is 7.15. The second-order valence-corrected chi connectivity index (χ2v) is 6.47. The Kier molecular flexibility index (Phi) is 2.82. The molecule has 0 saturated heterocycles. The maximum absolute atomic E-state index is 11.1. The van der Waals surface area contributed by atoms with E-state index in [2.05, 4.69) is 4.90 Å². The Balaban J connectivity index is 1.60. The second kappa shape index (κ2) is 4.70. The molecule has 0 bridgehead atoms. The van der Waals surface area contributed by atoms with E-state index >= 15 is 0 Å². The van der Waals surface area contributed by atoms with Crippen molar-refractivity contribution in [2.45, 2.75) is 19.4 Å². The van der Waals surface area contributed by atoms with E-state index in [-0.39, 0.29) is 11.5 Å². The van der Waals surface area contributed by atoms with E-state index in [1.54, 1.807) is 29.5 Å². The molecule has 1 aliphatic heterocycles. The van der Waals surface area contributed by atoms with Crippen LogP contribution in [0.2, 0.25) is 0 Å². The summed E-state index contributed by atoms with van der Waals surface area (Å²) in [7, 11) is 0. The van der Waals surface area contributed by atoms with Crippen molar-refractivity contribution in [3.63, 3.8) is 0 Å². The van der Waals surface area contributed by atoms with E-state index in [1.165, 1.54) is 10.6 Å². The quantitative estimate of drug-likeness (QED) is 0.926. The summed E-state index contributed by atoms with van der Waals surface area (Å²) in [6.07, 6.45) is 3.25. The van der Waals surface area contributed by atoms with Crippen molar-refractivity contribution < 1.29 is 9.90 Å². The summed E-state index contributed by atoms with van der Waals surface area (Å²) in [5.41, 5.74) is 3.37. The van der Waals surface area contributed by atoms with Crippen LogP contribution in [0.5, 0.6) is 5.75 Å². The molecule has 5 heteroatoms. The van der Waals surface area contributed by atoms with Gasteiger partial charge in [0.25, 0.3) is 0 Å². The van der Waals surface area contributed by atoms with Gasteiger partial charge in [-0.05, 0) is 24.3 Å². The molecule has 4 nitrogen and oxygen atoms in total. The van der Waals surface area contributed by atoms with E-state index in [9.17, 15) is 9.90 Å². The largest absolute Gasteiger partial charge is 0.508 e. The van der Waals surface area contributed by atoms with Gasteiger partial charge in [0.2, 0.25) is 0 Å². The number of hydrogen-bond acceptors (Lipinski definition) is 5. The Labute approximate surface area is 126 Å². The van der Waals surface area contributed by atoms with Gasteiger partial charge >= 0.3 is 0 Å². The zero-order valence-corrected chi connectivity index (χ0v) is 12.2. The van der Waals surface area contributed by atoms with E-state index in [0.717, 1.165) is 35.8 Å². The smallest absolute Gasteiger partial charge is 0.163 e. The van der Waals surface area contributed by atoms with E-state index in [4.69, 9.17) is 4.98 Å². The van der Waals surface area contributed by atoms with Crippen LogP contribution in [0.1, 0.15) is 17.0 Å². The van der Waals surface area contributed by atoms with Crippen molar-refractivity contribution in [2.75, 3.05) is 6.54 Å². The van der Waals surface area contributed by atoms with Crippen LogP contribution in [0.3, 0.4) is 0 Å². The molecule has 2 heterocycles. The van der Waals surface area contributed by atoms with Gasteiger partial charge in [-0.15, -0.1) is 11.3 Å². The van der Waals surface area contributed by atoms with Crippen LogP contribution in [0.4, 0.5) is 0 Å². The molecular formula is C16H14N2O2S. The molecular weight excluding hydrogens is 284 g/mol. The molecule has 0 unspecified atom stereocenters. The first-order valence-electron chi connectivity index (χ1n) is 6.95. The third-order valence-corrected chi connectivity index (χ3v) is 5.07. The number of nitrogens with zero attached hydrogens (tertiary/aromatic N) is 2. The van der Waals surface area contributed by atoms with Gasteiger partial charge in [-0.1, -0.05) is 0 Å². The van der Waals surface area contributed by atoms with Gasteiger partial charge in [0.05, 0.1) is 18.7 Å². The molecule has 1 aromatic heterocycles. The third-order valence-electron chi connectivity index (χ3n) is 3.93. The van der Waals surface area contributed by atoms with Gasteiger partial charge in [0, 0.05) is 35.2 Å². The number of benzene rings is 1. The molecule has 0 fully saturated rings. The maximum Gasteiger partial charge on any atom is 0.163 e. The topological polar surface area (TPSA) is 53.4 Å². The highest BCUT2D eigenvalue weighted by Gasteiger charge is 2.26. The van der Waals surface area contributed by atoms with E-state index in [0.29, 0.717) is 6.42 Å². The van der Waals surface area contributed by atoms with Gasteiger partial charge in [0.1, 0.15) is 10.8 Å². The van der Waals surface area contributed by atoms with Crippen LogP contribution < -0.4 is 0 Å².